The van der Waals surface area contributed by atoms with Crippen LogP contribution in [0.4, 0.5) is 13.2 Å². The molecule has 0 aliphatic heterocycles. The Kier molecular flexibility index (Phi) is 7.02. The van der Waals surface area contributed by atoms with Crippen LogP contribution in [-0.2, 0) is 19.5 Å². The topological polar surface area (TPSA) is 29.9 Å². The standard InChI is InChI=1S/C13H21BrF3N3/c1-3-10-12(14)11(20(4-2)19-10)9-18-8-6-5-7-13(15,16)17/h18H,3-9H2,1-2H3. The summed E-state index contributed by atoms with van der Waals surface area (Å²) < 4.78 is 38.9. The number of alkyl halides is 3. The molecule has 0 bridgehead atoms. The number of hydrogen-bond donors (Lipinski definition) is 1. The number of hydrogen-bond acceptors (Lipinski definition) is 2. The lowest BCUT2D eigenvalue weighted by Crippen LogP contribution is -2.18. The van der Waals surface area contributed by atoms with Gasteiger partial charge in [0.25, 0.3) is 0 Å². The second-order valence-electron chi connectivity index (χ2n) is 4.63. The zero-order valence-corrected chi connectivity index (χ0v) is 13.4. The van der Waals surface area contributed by atoms with E-state index in [-0.39, 0.29) is 6.42 Å². The summed E-state index contributed by atoms with van der Waals surface area (Å²) in [5.41, 5.74) is 2.07. The molecule has 0 amide bonds. The Morgan fingerprint density at radius 1 is 1.25 bits per heavy atom. The van der Waals surface area contributed by atoms with Gasteiger partial charge >= 0.3 is 6.18 Å². The maximum Gasteiger partial charge on any atom is 0.389 e. The molecule has 0 radical (unpaired) electrons. The third-order valence-corrected chi connectivity index (χ3v) is 3.97. The van der Waals surface area contributed by atoms with Crippen LogP contribution in [0.1, 0.15) is 44.5 Å². The van der Waals surface area contributed by atoms with E-state index in [0.717, 1.165) is 28.8 Å². The quantitative estimate of drug-likeness (QED) is 0.713. The van der Waals surface area contributed by atoms with Crippen LogP contribution in [0.2, 0.25) is 0 Å². The van der Waals surface area contributed by atoms with E-state index in [1.807, 2.05) is 18.5 Å². The fraction of sp³-hybridized carbons (Fsp3) is 0.769. The highest BCUT2D eigenvalue weighted by molar-refractivity contribution is 9.10. The summed E-state index contributed by atoms with van der Waals surface area (Å²) in [5.74, 6) is 0. The smallest absolute Gasteiger partial charge is 0.311 e. The van der Waals surface area contributed by atoms with Gasteiger partial charge in [-0.2, -0.15) is 18.3 Å². The van der Waals surface area contributed by atoms with E-state index < -0.39 is 12.6 Å². The third-order valence-electron chi connectivity index (χ3n) is 3.05. The number of nitrogens with one attached hydrogen (secondary N) is 1. The van der Waals surface area contributed by atoms with Gasteiger partial charge < -0.3 is 5.32 Å². The van der Waals surface area contributed by atoms with Crippen molar-refractivity contribution in [2.45, 2.75) is 58.8 Å². The summed E-state index contributed by atoms with van der Waals surface area (Å²) >= 11 is 3.54. The van der Waals surface area contributed by atoms with Crippen molar-refractivity contribution in [3.8, 4) is 0 Å². The van der Waals surface area contributed by atoms with E-state index in [2.05, 4.69) is 26.3 Å². The molecule has 1 rings (SSSR count). The van der Waals surface area contributed by atoms with Gasteiger partial charge in [0, 0.05) is 19.5 Å². The first kappa shape index (κ1) is 17.5. The Hall–Kier alpha value is -0.560. The lowest BCUT2D eigenvalue weighted by molar-refractivity contribution is -0.135. The second kappa shape index (κ2) is 8.02. The van der Waals surface area contributed by atoms with Crippen molar-refractivity contribution in [2.24, 2.45) is 0 Å². The van der Waals surface area contributed by atoms with E-state index in [9.17, 15) is 13.2 Å². The van der Waals surface area contributed by atoms with Gasteiger partial charge in [-0.15, -0.1) is 0 Å². The Morgan fingerprint density at radius 2 is 1.95 bits per heavy atom. The van der Waals surface area contributed by atoms with Gasteiger partial charge in [-0.25, -0.2) is 0 Å². The molecule has 1 heterocycles. The number of halogens is 4. The second-order valence-corrected chi connectivity index (χ2v) is 5.42. The lowest BCUT2D eigenvalue weighted by Gasteiger charge is -2.08. The van der Waals surface area contributed by atoms with Crippen molar-refractivity contribution in [2.75, 3.05) is 6.54 Å². The van der Waals surface area contributed by atoms with Gasteiger partial charge in [-0.3, -0.25) is 4.68 Å². The minimum absolute atomic E-state index is 0.172. The highest BCUT2D eigenvalue weighted by Gasteiger charge is 2.25. The average Bonchev–Trinajstić information content (AvgIpc) is 2.68. The molecule has 1 N–H and O–H groups in total. The molecule has 0 saturated carbocycles. The molecule has 0 unspecified atom stereocenters. The van der Waals surface area contributed by atoms with Crippen LogP contribution in [0.25, 0.3) is 0 Å². The maximum atomic E-state index is 12.0. The van der Waals surface area contributed by atoms with Crippen LogP contribution in [-0.4, -0.2) is 22.5 Å². The van der Waals surface area contributed by atoms with Gasteiger partial charge in [0.05, 0.1) is 15.9 Å². The molecule has 0 saturated heterocycles. The van der Waals surface area contributed by atoms with Crippen molar-refractivity contribution < 1.29 is 13.2 Å². The first-order valence-electron chi connectivity index (χ1n) is 6.90. The van der Waals surface area contributed by atoms with E-state index in [1.54, 1.807) is 0 Å². The van der Waals surface area contributed by atoms with E-state index in [4.69, 9.17) is 0 Å². The predicted molar refractivity (Wildman–Crippen MR) is 76.6 cm³/mol. The molecule has 0 aliphatic carbocycles. The number of nitrogens with zero attached hydrogens (tertiary/aromatic N) is 2. The van der Waals surface area contributed by atoms with Crippen molar-refractivity contribution in [3.05, 3.63) is 15.9 Å². The van der Waals surface area contributed by atoms with Crippen LogP contribution in [0.5, 0.6) is 0 Å². The maximum absolute atomic E-state index is 12.0. The monoisotopic (exact) mass is 355 g/mol. The molecular weight excluding hydrogens is 335 g/mol. The normalized spacial score (nSPS) is 12.1. The SMILES string of the molecule is CCc1nn(CC)c(CNCCCCC(F)(F)F)c1Br. The Balaban J connectivity index is 2.37. The summed E-state index contributed by atoms with van der Waals surface area (Å²) in [6.07, 6.45) is -3.19. The summed E-state index contributed by atoms with van der Waals surface area (Å²) in [4.78, 5) is 0. The van der Waals surface area contributed by atoms with Crippen LogP contribution in [0.3, 0.4) is 0 Å². The van der Waals surface area contributed by atoms with Gasteiger partial charge in [0.2, 0.25) is 0 Å². The summed E-state index contributed by atoms with van der Waals surface area (Å²) in [5, 5.41) is 7.66. The molecule has 0 aromatic carbocycles. The fourth-order valence-electron chi connectivity index (χ4n) is 1.97. The summed E-state index contributed by atoms with van der Waals surface area (Å²) in [7, 11) is 0. The molecule has 3 nitrogen and oxygen atoms in total. The number of aryl methyl sites for hydroxylation is 2. The van der Waals surface area contributed by atoms with Crippen molar-refractivity contribution in [1.29, 1.82) is 0 Å². The molecule has 1 aromatic rings. The van der Waals surface area contributed by atoms with Crippen LogP contribution >= 0.6 is 15.9 Å². The van der Waals surface area contributed by atoms with Crippen molar-refractivity contribution >= 4 is 15.9 Å². The number of unbranched alkanes of at least 4 members (excludes halogenated alkanes) is 1. The van der Waals surface area contributed by atoms with Crippen molar-refractivity contribution in [3.63, 3.8) is 0 Å². The van der Waals surface area contributed by atoms with E-state index in [0.29, 0.717) is 19.5 Å². The zero-order valence-electron chi connectivity index (χ0n) is 11.9. The van der Waals surface area contributed by atoms with Gasteiger partial charge in [-0.1, -0.05) is 6.92 Å². The van der Waals surface area contributed by atoms with Gasteiger partial charge in [-0.05, 0) is 48.7 Å². The Labute approximate surface area is 126 Å². The largest absolute Gasteiger partial charge is 0.389 e. The minimum atomic E-state index is -4.04. The van der Waals surface area contributed by atoms with Gasteiger partial charge in [0.1, 0.15) is 0 Å². The van der Waals surface area contributed by atoms with E-state index in [1.165, 1.54) is 0 Å². The highest BCUT2D eigenvalue weighted by atomic mass is 79.9. The van der Waals surface area contributed by atoms with E-state index >= 15 is 0 Å². The molecule has 0 atom stereocenters. The molecule has 0 aliphatic rings. The average molecular weight is 356 g/mol. The molecule has 1 aromatic heterocycles. The Morgan fingerprint density at radius 3 is 2.50 bits per heavy atom. The minimum Gasteiger partial charge on any atom is -0.311 e. The molecule has 7 heteroatoms. The van der Waals surface area contributed by atoms with Crippen LogP contribution in [0, 0.1) is 0 Å². The summed E-state index contributed by atoms with van der Waals surface area (Å²) in [6.45, 7) is 6.04. The highest BCUT2D eigenvalue weighted by Crippen LogP contribution is 2.23. The predicted octanol–water partition coefficient (Wildman–Crippen LogP) is 4.05. The fourth-order valence-corrected chi connectivity index (χ4v) is 2.67. The first-order valence-corrected chi connectivity index (χ1v) is 7.69. The third kappa shape index (κ3) is 5.44. The van der Waals surface area contributed by atoms with Gasteiger partial charge in [0.15, 0.2) is 0 Å². The number of rotatable bonds is 8. The van der Waals surface area contributed by atoms with Crippen LogP contribution < -0.4 is 5.32 Å². The molecule has 116 valence electrons. The summed E-state index contributed by atoms with van der Waals surface area (Å²) in [6, 6.07) is 0. The first-order chi connectivity index (χ1) is 9.39. The zero-order chi connectivity index (χ0) is 15.2. The molecule has 0 fully saturated rings. The number of aromatic nitrogens is 2. The Bertz CT molecular complexity index is 416. The van der Waals surface area contributed by atoms with Crippen molar-refractivity contribution in [1.82, 2.24) is 15.1 Å². The lowest BCUT2D eigenvalue weighted by atomic mass is 10.2. The molecule has 20 heavy (non-hydrogen) atoms. The molecule has 0 spiro atoms. The van der Waals surface area contributed by atoms with Crippen LogP contribution in [0.15, 0.2) is 4.47 Å². The molecular formula is C13H21BrF3N3.